The number of ether oxygens (including phenoxy) is 3. The van der Waals surface area contributed by atoms with Gasteiger partial charge >= 0.3 is 5.97 Å². The maximum Gasteiger partial charge on any atom is 0.309 e. The van der Waals surface area contributed by atoms with Crippen molar-refractivity contribution in [3.63, 3.8) is 0 Å². The van der Waals surface area contributed by atoms with Crippen LogP contribution in [0.1, 0.15) is 47.5 Å². The zero-order chi connectivity index (χ0) is 14.7. The van der Waals surface area contributed by atoms with E-state index in [4.69, 9.17) is 14.2 Å². The fraction of sp³-hybridized carbons (Fsp3) is 0.933. The Morgan fingerprint density at radius 3 is 2.11 bits per heavy atom. The third-order valence-electron chi connectivity index (χ3n) is 2.96. The van der Waals surface area contributed by atoms with Crippen molar-refractivity contribution in [1.82, 2.24) is 0 Å². The van der Waals surface area contributed by atoms with E-state index in [2.05, 4.69) is 27.7 Å². The predicted octanol–water partition coefficient (Wildman–Crippen LogP) is 3.05. The Bertz CT molecular complexity index is 233. The highest BCUT2D eigenvalue weighted by Crippen LogP contribution is 2.30. The van der Waals surface area contributed by atoms with Gasteiger partial charge in [0.25, 0.3) is 0 Å². The lowest BCUT2D eigenvalue weighted by Gasteiger charge is -2.28. The zero-order valence-electron chi connectivity index (χ0n) is 13.2. The van der Waals surface area contributed by atoms with E-state index < -0.39 is 0 Å². The predicted molar refractivity (Wildman–Crippen MR) is 76.1 cm³/mol. The minimum atomic E-state index is -0.109. The molecule has 114 valence electrons. The minimum absolute atomic E-state index is 0.0408. The van der Waals surface area contributed by atoms with Crippen LogP contribution in [0.5, 0.6) is 0 Å². The molecule has 0 amide bonds. The smallest absolute Gasteiger partial charge is 0.309 e. The van der Waals surface area contributed by atoms with Gasteiger partial charge < -0.3 is 14.2 Å². The zero-order valence-corrected chi connectivity index (χ0v) is 13.2. The Morgan fingerprint density at radius 1 is 1.00 bits per heavy atom. The molecule has 0 saturated carbocycles. The summed E-state index contributed by atoms with van der Waals surface area (Å²) < 4.78 is 15.7. The Morgan fingerprint density at radius 2 is 1.58 bits per heavy atom. The first kappa shape index (κ1) is 18.4. The summed E-state index contributed by atoms with van der Waals surface area (Å²) >= 11 is 0. The number of rotatable bonds is 10. The first-order valence-electron chi connectivity index (χ1n) is 7.25. The first-order valence-corrected chi connectivity index (χ1v) is 7.25. The van der Waals surface area contributed by atoms with E-state index >= 15 is 0 Å². The second-order valence-corrected chi connectivity index (χ2v) is 5.68. The maximum atomic E-state index is 12.0. The molecule has 0 aliphatic carbocycles. The molecule has 4 nitrogen and oxygen atoms in total. The van der Waals surface area contributed by atoms with Crippen LogP contribution in [-0.2, 0) is 19.0 Å². The second-order valence-electron chi connectivity index (χ2n) is 5.68. The van der Waals surface area contributed by atoms with Gasteiger partial charge in [-0.3, -0.25) is 4.79 Å². The minimum Gasteiger partial charge on any atom is -0.463 e. The van der Waals surface area contributed by atoms with Crippen LogP contribution in [0.25, 0.3) is 0 Å². The lowest BCUT2D eigenvalue weighted by Crippen LogP contribution is -2.31. The van der Waals surface area contributed by atoms with Crippen molar-refractivity contribution in [2.24, 2.45) is 11.3 Å². The molecule has 0 N–H and O–H groups in total. The van der Waals surface area contributed by atoms with Gasteiger partial charge in [-0.2, -0.15) is 0 Å². The quantitative estimate of drug-likeness (QED) is 0.454. The Labute approximate surface area is 117 Å². The highest BCUT2D eigenvalue weighted by molar-refractivity contribution is 5.73. The third kappa shape index (κ3) is 9.00. The molecule has 4 heteroatoms. The van der Waals surface area contributed by atoms with Crippen LogP contribution in [0.3, 0.4) is 0 Å². The van der Waals surface area contributed by atoms with E-state index in [1.165, 1.54) is 0 Å². The van der Waals surface area contributed by atoms with E-state index in [-0.39, 0.29) is 17.3 Å². The van der Waals surface area contributed by atoms with Crippen molar-refractivity contribution >= 4 is 5.97 Å². The van der Waals surface area contributed by atoms with Gasteiger partial charge in [-0.15, -0.1) is 0 Å². The Kier molecular flexibility index (Phi) is 9.88. The van der Waals surface area contributed by atoms with Gasteiger partial charge in [-0.05, 0) is 18.8 Å². The van der Waals surface area contributed by atoms with Crippen LogP contribution in [0.2, 0.25) is 0 Å². The van der Waals surface area contributed by atoms with Crippen molar-refractivity contribution < 1.29 is 19.0 Å². The maximum absolute atomic E-state index is 12.0. The fourth-order valence-corrected chi connectivity index (χ4v) is 1.86. The molecular weight excluding hydrogens is 244 g/mol. The van der Waals surface area contributed by atoms with Crippen molar-refractivity contribution in [2.45, 2.75) is 47.5 Å². The summed E-state index contributed by atoms with van der Waals surface area (Å²) in [6.07, 6.45) is 1.86. The van der Waals surface area contributed by atoms with E-state index in [1.807, 2.05) is 6.92 Å². The third-order valence-corrected chi connectivity index (χ3v) is 2.96. The van der Waals surface area contributed by atoms with Crippen molar-refractivity contribution in [3.8, 4) is 0 Å². The molecule has 0 saturated heterocycles. The normalized spacial score (nSPS) is 13.3. The molecule has 0 aromatic rings. The molecule has 0 rings (SSSR count). The van der Waals surface area contributed by atoms with Gasteiger partial charge in [0.1, 0.15) is 6.61 Å². The topological polar surface area (TPSA) is 44.8 Å². The number of esters is 1. The summed E-state index contributed by atoms with van der Waals surface area (Å²) in [5, 5.41) is 0. The standard InChI is InChI=1S/C15H30O4/c1-6-8-13(15(3,4)5)14(16)19-12-11-18-10-9-17-7-2/h13H,6-12H2,1-5H3. The van der Waals surface area contributed by atoms with E-state index in [1.54, 1.807) is 0 Å². The van der Waals surface area contributed by atoms with Crippen LogP contribution in [0.4, 0.5) is 0 Å². The number of carbonyl (C=O) groups is 1. The summed E-state index contributed by atoms with van der Waals surface area (Å²) in [7, 11) is 0. The van der Waals surface area contributed by atoms with Crippen LogP contribution < -0.4 is 0 Å². The van der Waals surface area contributed by atoms with Gasteiger partial charge in [-0.1, -0.05) is 34.1 Å². The fourth-order valence-electron chi connectivity index (χ4n) is 1.86. The SMILES string of the molecule is CCCC(C(=O)OCCOCCOCC)C(C)(C)C. The average molecular weight is 274 g/mol. The van der Waals surface area contributed by atoms with Crippen molar-refractivity contribution in [2.75, 3.05) is 33.0 Å². The van der Waals surface area contributed by atoms with Crippen LogP contribution in [-0.4, -0.2) is 39.0 Å². The summed E-state index contributed by atoms with van der Waals surface area (Å²) in [6, 6.07) is 0. The molecule has 0 heterocycles. The molecule has 1 atom stereocenters. The van der Waals surface area contributed by atoms with Crippen LogP contribution >= 0.6 is 0 Å². The Balaban J connectivity index is 3.82. The lowest BCUT2D eigenvalue weighted by atomic mass is 9.78. The van der Waals surface area contributed by atoms with Crippen molar-refractivity contribution in [3.05, 3.63) is 0 Å². The summed E-state index contributed by atoms with van der Waals surface area (Å²) in [5.41, 5.74) is -0.0527. The molecule has 0 fully saturated rings. The molecule has 1 unspecified atom stereocenters. The van der Waals surface area contributed by atoms with Gasteiger partial charge in [-0.25, -0.2) is 0 Å². The first-order chi connectivity index (χ1) is 8.93. The molecule has 0 spiro atoms. The van der Waals surface area contributed by atoms with Gasteiger partial charge in [0, 0.05) is 6.61 Å². The van der Waals surface area contributed by atoms with Crippen LogP contribution in [0, 0.1) is 11.3 Å². The molecule has 19 heavy (non-hydrogen) atoms. The molecule has 0 aromatic carbocycles. The van der Waals surface area contributed by atoms with E-state index in [0.717, 1.165) is 12.8 Å². The summed E-state index contributed by atoms with van der Waals surface area (Å²) in [4.78, 5) is 12.0. The highest BCUT2D eigenvalue weighted by atomic mass is 16.6. The van der Waals surface area contributed by atoms with Gasteiger partial charge in [0.05, 0.1) is 25.7 Å². The van der Waals surface area contributed by atoms with Crippen LogP contribution in [0.15, 0.2) is 0 Å². The Hall–Kier alpha value is -0.610. The molecule has 0 aliphatic rings. The average Bonchev–Trinajstić information content (AvgIpc) is 2.33. The monoisotopic (exact) mass is 274 g/mol. The summed E-state index contributed by atoms with van der Waals surface area (Å²) in [6.45, 7) is 12.8. The molecular formula is C15H30O4. The lowest BCUT2D eigenvalue weighted by molar-refractivity contribution is -0.154. The number of hydrogen-bond acceptors (Lipinski definition) is 4. The largest absolute Gasteiger partial charge is 0.463 e. The molecule has 0 radical (unpaired) electrons. The van der Waals surface area contributed by atoms with Gasteiger partial charge in [0.2, 0.25) is 0 Å². The van der Waals surface area contributed by atoms with E-state index in [0.29, 0.717) is 33.0 Å². The van der Waals surface area contributed by atoms with Gasteiger partial charge in [0.15, 0.2) is 0 Å². The molecule has 0 bridgehead atoms. The molecule has 0 aromatic heterocycles. The van der Waals surface area contributed by atoms with E-state index in [9.17, 15) is 4.79 Å². The molecule has 0 aliphatic heterocycles. The van der Waals surface area contributed by atoms with Crippen molar-refractivity contribution in [1.29, 1.82) is 0 Å². The summed E-state index contributed by atoms with van der Waals surface area (Å²) in [5.74, 6) is -0.149. The number of hydrogen-bond donors (Lipinski definition) is 0. The second kappa shape index (κ2) is 10.2. The highest BCUT2D eigenvalue weighted by Gasteiger charge is 2.31. The number of carbonyl (C=O) groups excluding carboxylic acids is 1.